The third-order valence-electron chi connectivity index (χ3n) is 6.77. The van der Waals surface area contributed by atoms with E-state index in [0.29, 0.717) is 0 Å². The number of fused-ring (bicyclic) bond motifs is 5. The average molecular weight is 455 g/mol. The van der Waals surface area contributed by atoms with Crippen LogP contribution < -0.4 is 25.2 Å². The molecular formula is C30H34N2O2. The van der Waals surface area contributed by atoms with E-state index in [0.717, 1.165) is 64.2 Å². The maximum absolute atomic E-state index is 6.72. The molecule has 0 unspecified atom stereocenters. The molecule has 3 aromatic carbocycles. The Bertz CT molecular complexity index is 1390. The molecule has 176 valence electrons. The summed E-state index contributed by atoms with van der Waals surface area (Å²) in [7, 11) is 5.95. The Balaban J connectivity index is 1.83. The van der Waals surface area contributed by atoms with Crippen LogP contribution in [0.5, 0.6) is 11.5 Å². The minimum atomic E-state index is 0.0166. The lowest BCUT2D eigenvalue weighted by Gasteiger charge is -2.34. The fourth-order valence-electron chi connectivity index (χ4n) is 5.37. The molecule has 4 nitrogen and oxygen atoms in total. The van der Waals surface area contributed by atoms with E-state index in [1.807, 2.05) is 18.2 Å². The van der Waals surface area contributed by atoms with E-state index >= 15 is 0 Å². The molecule has 0 aliphatic carbocycles. The lowest BCUT2D eigenvalue weighted by molar-refractivity contribution is 0.411. The van der Waals surface area contributed by atoms with Crippen molar-refractivity contribution in [2.45, 2.75) is 39.2 Å². The molecule has 0 saturated heterocycles. The van der Waals surface area contributed by atoms with Gasteiger partial charge in [0.15, 0.2) is 0 Å². The number of ether oxygens (including phenoxy) is 2. The summed E-state index contributed by atoms with van der Waals surface area (Å²) in [5.74, 6) is 2.58. The number of rotatable bonds is 5. The fourth-order valence-corrected chi connectivity index (χ4v) is 5.37. The second kappa shape index (κ2) is 8.52. The smallest absolute Gasteiger partial charge is 0.143 e. The topological polar surface area (TPSA) is 33.7 Å². The molecule has 0 spiro atoms. The van der Waals surface area contributed by atoms with Crippen LogP contribution in [0.1, 0.15) is 38.3 Å². The van der Waals surface area contributed by atoms with Gasteiger partial charge in [0, 0.05) is 39.3 Å². The molecule has 2 heterocycles. The Morgan fingerprint density at radius 3 is 2.59 bits per heavy atom. The van der Waals surface area contributed by atoms with Crippen LogP contribution in [-0.4, -0.2) is 38.2 Å². The van der Waals surface area contributed by atoms with Gasteiger partial charge in [-0.3, -0.25) is 0 Å². The number of hydrogen-bond acceptors (Lipinski definition) is 4. The summed E-state index contributed by atoms with van der Waals surface area (Å²) in [4.78, 5) is 2.22. The lowest BCUT2D eigenvalue weighted by Crippen LogP contribution is -2.45. The van der Waals surface area contributed by atoms with Gasteiger partial charge in [0.1, 0.15) is 17.3 Å². The van der Waals surface area contributed by atoms with Gasteiger partial charge in [-0.05, 0) is 77.5 Å². The molecule has 4 heteroatoms. The fraction of sp³-hybridized carbons (Fsp3) is 0.333. The van der Waals surface area contributed by atoms with Crippen LogP contribution in [0.4, 0.5) is 5.69 Å². The molecule has 3 aromatic rings. The normalized spacial score (nSPS) is 15.7. The quantitative estimate of drug-likeness (QED) is 0.602. The predicted octanol–water partition coefficient (Wildman–Crippen LogP) is 4.78. The maximum Gasteiger partial charge on any atom is 0.143 e. The number of methoxy groups -OCH3 is 1. The Hall–Kier alpha value is -3.24. The molecule has 0 amide bonds. The van der Waals surface area contributed by atoms with Crippen LogP contribution in [0.15, 0.2) is 54.6 Å². The van der Waals surface area contributed by atoms with Crippen molar-refractivity contribution in [1.82, 2.24) is 4.90 Å². The maximum atomic E-state index is 6.72. The third-order valence-corrected chi connectivity index (χ3v) is 6.77. The van der Waals surface area contributed by atoms with Gasteiger partial charge in [0.25, 0.3) is 0 Å². The largest absolute Gasteiger partial charge is 0.496 e. The van der Waals surface area contributed by atoms with Crippen molar-refractivity contribution in [2.24, 2.45) is 0 Å². The van der Waals surface area contributed by atoms with Crippen LogP contribution in [0.25, 0.3) is 22.5 Å². The lowest BCUT2D eigenvalue weighted by atomic mass is 9.86. The van der Waals surface area contributed by atoms with Crippen molar-refractivity contribution >= 4 is 17.0 Å². The highest BCUT2D eigenvalue weighted by atomic mass is 16.5. The minimum absolute atomic E-state index is 0.0166. The van der Waals surface area contributed by atoms with Gasteiger partial charge in [-0.25, -0.2) is 0 Å². The summed E-state index contributed by atoms with van der Waals surface area (Å²) in [6.07, 6.45) is 1.98. The summed E-state index contributed by atoms with van der Waals surface area (Å²) in [6, 6.07) is 19.3. The predicted molar refractivity (Wildman–Crippen MR) is 141 cm³/mol. The highest BCUT2D eigenvalue weighted by Crippen LogP contribution is 2.41. The van der Waals surface area contributed by atoms with Crippen molar-refractivity contribution in [1.29, 1.82) is 0 Å². The molecule has 2 aliphatic heterocycles. The van der Waals surface area contributed by atoms with Crippen molar-refractivity contribution < 1.29 is 9.47 Å². The summed E-state index contributed by atoms with van der Waals surface area (Å²) < 4.78 is 12.5. The number of benzene rings is 3. The third kappa shape index (κ3) is 3.97. The molecule has 2 aliphatic rings. The highest BCUT2D eigenvalue weighted by molar-refractivity contribution is 5.86. The zero-order chi connectivity index (χ0) is 24.0. The number of anilines is 1. The molecule has 0 radical (unpaired) electrons. The van der Waals surface area contributed by atoms with Gasteiger partial charge in [-0.1, -0.05) is 35.9 Å². The van der Waals surface area contributed by atoms with E-state index in [-0.39, 0.29) is 5.54 Å². The van der Waals surface area contributed by atoms with Crippen molar-refractivity contribution in [3.63, 3.8) is 0 Å². The molecular weight excluding hydrogens is 420 g/mol. The Morgan fingerprint density at radius 1 is 1.03 bits per heavy atom. The number of likely N-dealkylation sites (N-methyl/N-ethyl adjacent to an activating group) is 1. The van der Waals surface area contributed by atoms with E-state index in [2.05, 4.69) is 81.5 Å². The summed E-state index contributed by atoms with van der Waals surface area (Å²) >= 11 is 0. The number of nitrogens with one attached hydrogen (secondary N) is 1. The van der Waals surface area contributed by atoms with Crippen LogP contribution in [0.3, 0.4) is 0 Å². The van der Waals surface area contributed by atoms with E-state index in [1.165, 1.54) is 16.4 Å². The molecule has 0 aromatic heterocycles. The molecule has 0 fully saturated rings. The van der Waals surface area contributed by atoms with Crippen LogP contribution in [0.2, 0.25) is 0 Å². The number of nitrogens with zero attached hydrogens (tertiary/aromatic N) is 1. The first-order chi connectivity index (χ1) is 16.3. The van der Waals surface area contributed by atoms with E-state index in [1.54, 1.807) is 7.11 Å². The molecule has 5 rings (SSSR count). The van der Waals surface area contributed by atoms with Crippen LogP contribution in [-0.2, 0) is 6.42 Å². The molecule has 1 N–H and O–H groups in total. The van der Waals surface area contributed by atoms with Gasteiger partial charge >= 0.3 is 0 Å². The Kier molecular flexibility index (Phi) is 5.65. The van der Waals surface area contributed by atoms with Crippen molar-refractivity contribution in [2.75, 3.05) is 33.1 Å². The van der Waals surface area contributed by atoms with Gasteiger partial charge in [0.2, 0.25) is 0 Å². The zero-order valence-corrected chi connectivity index (χ0v) is 21.1. The molecule has 0 atom stereocenters. The van der Waals surface area contributed by atoms with Crippen LogP contribution in [0, 0.1) is 0 Å². The van der Waals surface area contributed by atoms with Crippen molar-refractivity contribution in [3.05, 3.63) is 76.2 Å². The van der Waals surface area contributed by atoms with Crippen molar-refractivity contribution in [3.8, 4) is 22.6 Å². The first-order valence-electron chi connectivity index (χ1n) is 12.0. The molecule has 34 heavy (non-hydrogen) atoms. The van der Waals surface area contributed by atoms with Crippen LogP contribution >= 0.6 is 0 Å². The van der Waals surface area contributed by atoms with E-state index in [4.69, 9.17) is 9.47 Å². The monoisotopic (exact) mass is 454 g/mol. The minimum Gasteiger partial charge on any atom is -0.496 e. The van der Waals surface area contributed by atoms with Gasteiger partial charge < -0.3 is 19.7 Å². The second-order valence-electron chi connectivity index (χ2n) is 10.4. The number of hydrogen-bond donors (Lipinski definition) is 1. The first-order valence-corrected chi connectivity index (χ1v) is 12.0. The van der Waals surface area contributed by atoms with E-state index < -0.39 is 0 Å². The van der Waals surface area contributed by atoms with Gasteiger partial charge in [0.05, 0.1) is 12.7 Å². The first kappa shape index (κ1) is 22.5. The van der Waals surface area contributed by atoms with E-state index in [9.17, 15) is 0 Å². The standard InChI is InChI=1S/C30H34N2O2/c1-19-18-30(2,3)31-23-14-13-22-27-24(33-6)11-8-12-25(27)34-29(28(22)26(19)23)21-10-7-9-20(17-21)15-16-32(4)5/h7-14,17,31H,15-16,18H2,1-6H3. The Labute approximate surface area is 202 Å². The van der Waals surface area contributed by atoms with Gasteiger partial charge in [-0.2, -0.15) is 0 Å². The van der Waals surface area contributed by atoms with Gasteiger partial charge in [-0.15, -0.1) is 0 Å². The second-order valence-corrected chi connectivity index (χ2v) is 10.4. The Morgan fingerprint density at radius 2 is 1.82 bits per heavy atom. The summed E-state index contributed by atoms with van der Waals surface area (Å²) in [6.45, 7) is 7.78. The molecule has 0 bridgehead atoms. The zero-order valence-electron chi connectivity index (χ0n) is 21.1. The average Bonchev–Trinajstić information content (AvgIpc) is 2.80. The SMILES string of the molecule is COc1cccc2c1-c1ccc3c(c1=C(c1cccc(CCN(C)C)c1)O2)=C(C)CC(C)(C)N3. The summed E-state index contributed by atoms with van der Waals surface area (Å²) in [5.41, 5.74) is 7.15. The summed E-state index contributed by atoms with van der Waals surface area (Å²) in [5, 5.41) is 6.16. The molecule has 0 saturated carbocycles. The highest BCUT2D eigenvalue weighted by Gasteiger charge is 2.29.